The molecule has 1 heterocycles. The zero-order chi connectivity index (χ0) is 12.0. The van der Waals surface area contributed by atoms with Gasteiger partial charge in [-0.05, 0) is 25.2 Å². The van der Waals surface area contributed by atoms with Gasteiger partial charge in [0.05, 0.1) is 11.4 Å². The highest BCUT2D eigenvalue weighted by atomic mass is 16.2. The summed E-state index contributed by atoms with van der Waals surface area (Å²) < 4.78 is 1.95. The lowest BCUT2D eigenvalue weighted by atomic mass is 10.1. The van der Waals surface area contributed by atoms with Gasteiger partial charge in [0.2, 0.25) is 0 Å². The average Bonchev–Trinajstić information content (AvgIpc) is 2.67. The Morgan fingerprint density at radius 3 is 2.62 bits per heavy atom. The van der Waals surface area contributed by atoms with Crippen molar-refractivity contribution in [2.24, 2.45) is 5.73 Å². The van der Waals surface area contributed by atoms with Crippen molar-refractivity contribution in [3.8, 4) is 0 Å². The van der Waals surface area contributed by atoms with Gasteiger partial charge in [0.25, 0.3) is 0 Å². The molecular formula is C11H22N4O. The molecule has 5 nitrogen and oxygen atoms in total. The smallest absolute Gasteiger partial charge is 0.0997 e. The number of aliphatic hydroxyl groups is 1. The number of hydrogen-bond donors (Lipinski definition) is 2. The Balaban J connectivity index is 2.61. The molecule has 0 amide bonds. The number of unbranched alkanes of at least 4 members (excludes halogenated alkanes) is 2. The maximum absolute atomic E-state index is 8.70. The van der Waals surface area contributed by atoms with Gasteiger partial charge in [-0.3, -0.25) is 0 Å². The molecule has 0 bridgehead atoms. The molecule has 1 aromatic heterocycles. The van der Waals surface area contributed by atoms with Crippen LogP contribution in [0.2, 0.25) is 0 Å². The molecule has 0 spiro atoms. The van der Waals surface area contributed by atoms with Crippen LogP contribution < -0.4 is 5.73 Å². The summed E-state index contributed by atoms with van der Waals surface area (Å²) in [5.41, 5.74) is 7.67. The Morgan fingerprint density at radius 1 is 1.31 bits per heavy atom. The second kappa shape index (κ2) is 6.60. The first kappa shape index (κ1) is 13.1. The number of hydrogen-bond acceptors (Lipinski definition) is 4. The fourth-order valence-electron chi connectivity index (χ4n) is 1.85. The van der Waals surface area contributed by atoms with Crippen LogP contribution in [-0.4, -0.2) is 26.7 Å². The zero-order valence-corrected chi connectivity index (χ0v) is 10.2. The van der Waals surface area contributed by atoms with Gasteiger partial charge in [-0.15, -0.1) is 5.10 Å². The summed E-state index contributed by atoms with van der Waals surface area (Å²) >= 11 is 0. The van der Waals surface area contributed by atoms with Crippen molar-refractivity contribution >= 4 is 0 Å². The molecule has 3 N–H and O–H groups in total. The molecule has 0 radical (unpaired) electrons. The first-order valence-electron chi connectivity index (χ1n) is 5.93. The van der Waals surface area contributed by atoms with E-state index in [1.54, 1.807) is 0 Å². The lowest BCUT2D eigenvalue weighted by Gasteiger charge is -2.10. The monoisotopic (exact) mass is 226 g/mol. The van der Waals surface area contributed by atoms with Crippen LogP contribution in [-0.2, 0) is 13.1 Å². The maximum Gasteiger partial charge on any atom is 0.0997 e. The second-order valence-corrected chi connectivity index (χ2v) is 4.29. The van der Waals surface area contributed by atoms with Gasteiger partial charge in [-0.1, -0.05) is 19.1 Å². The van der Waals surface area contributed by atoms with Crippen LogP contribution in [0.1, 0.15) is 50.4 Å². The molecule has 0 atom stereocenters. The van der Waals surface area contributed by atoms with Crippen LogP contribution in [0.5, 0.6) is 0 Å². The molecule has 1 rings (SSSR count). The normalized spacial score (nSPS) is 11.3. The van der Waals surface area contributed by atoms with Gasteiger partial charge in [0, 0.05) is 19.7 Å². The first-order chi connectivity index (χ1) is 7.70. The molecule has 0 aromatic carbocycles. The number of rotatable bonds is 7. The lowest BCUT2D eigenvalue weighted by Crippen LogP contribution is -2.09. The number of aliphatic hydroxyl groups excluding tert-OH is 1. The van der Waals surface area contributed by atoms with Gasteiger partial charge >= 0.3 is 0 Å². The largest absolute Gasteiger partial charge is 0.396 e. The molecule has 0 aliphatic carbocycles. The highest BCUT2D eigenvalue weighted by Crippen LogP contribution is 2.17. The Morgan fingerprint density at radius 2 is 2.06 bits per heavy atom. The molecule has 16 heavy (non-hydrogen) atoms. The van der Waals surface area contributed by atoms with Crippen LogP contribution in [0.4, 0.5) is 0 Å². The number of nitrogens with zero attached hydrogens (tertiary/aromatic N) is 3. The molecule has 0 fully saturated rings. The minimum atomic E-state index is 0.266. The predicted molar refractivity (Wildman–Crippen MR) is 62.9 cm³/mol. The van der Waals surface area contributed by atoms with Crippen molar-refractivity contribution in [2.45, 2.75) is 52.1 Å². The molecule has 0 saturated carbocycles. The van der Waals surface area contributed by atoms with Gasteiger partial charge in [-0.2, -0.15) is 0 Å². The number of aryl methyl sites for hydroxylation is 1. The topological polar surface area (TPSA) is 77.0 Å². The van der Waals surface area contributed by atoms with E-state index >= 15 is 0 Å². The van der Waals surface area contributed by atoms with Crippen molar-refractivity contribution in [3.05, 3.63) is 11.4 Å². The van der Waals surface area contributed by atoms with Gasteiger partial charge < -0.3 is 10.8 Å². The average molecular weight is 226 g/mol. The Kier molecular flexibility index (Phi) is 5.42. The summed E-state index contributed by atoms with van der Waals surface area (Å²) in [5.74, 6) is 0.395. The van der Waals surface area contributed by atoms with E-state index in [0.717, 1.165) is 37.2 Å². The molecule has 0 aliphatic rings. The molecule has 0 saturated heterocycles. The van der Waals surface area contributed by atoms with E-state index in [0.29, 0.717) is 12.5 Å². The second-order valence-electron chi connectivity index (χ2n) is 4.29. The van der Waals surface area contributed by atoms with Crippen LogP contribution in [0.25, 0.3) is 0 Å². The van der Waals surface area contributed by atoms with Gasteiger partial charge in [-0.25, -0.2) is 4.68 Å². The summed E-state index contributed by atoms with van der Waals surface area (Å²) in [7, 11) is 0. The highest BCUT2D eigenvalue weighted by Gasteiger charge is 2.14. The van der Waals surface area contributed by atoms with Crippen molar-refractivity contribution < 1.29 is 5.11 Å². The Labute approximate surface area is 96.6 Å². The maximum atomic E-state index is 8.70. The summed E-state index contributed by atoms with van der Waals surface area (Å²) in [5, 5.41) is 16.9. The minimum absolute atomic E-state index is 0.266. The van der Waals surface area contributed by atoms with E-state index in [1.807, 2.05) is 4.68 Å². The standard InChI is InChI=1S/C11H22N4O/c1-9(2)11-10(8-12)13-14-15(11)6-4-3-5-7-16/h9,16H,3-8,12H2,1-2H3. The van der Waals surface area contributed by atoms with E-state index in [1.165, 1.54) is 0 Å². The zero-order valence-electron chi connectivity index (χ0n) is 10.2. The molecule has 5 heteroatoms. The fourth-order valence-corrected chi connectivity index (χ4v) is 1.85. The molecular weight excluding hydrogens is 204 g/mol. The van der Waals surface area contributed by atoms with E-state index in [2.05, 4.69) is 24.2 Å². The Hall–Kier alpha value is -0.940. The summed E-state index contributed by atoms with van der Waals surface area (Å²) in [6, 6.07) is 0. The highest BCUT2D eigenvalue weighted by molar-refractivity contribution is 5.13. The van der Waals surface area contributed by atoms with Crippen molar-refractivity contribution in [1.29, 1.82) is 0 Å². The molecule has 0 aliphatic heterocycles. The summed E-state index contributed by atoms with van der Waals surface area (Å²) in [6.45, 7) is 5.83. The number of aromatic nitrogens is 3. The third-order valence-corrected chi connectivity index (χ3v) is 2.62. The molecule has 92 valence electrons. The predicted octanol–water partition coefficient (Wildman–Crippen LogP) is 1.02. The van der Waals surface area contributed by atoms with E-state index in [-0.39, 0.29) is 6.61 Å². The third-order valence-electron chi connectivity index (χ3n) is 2.62. The summed E-state index contributed by atoms with van der Waals surface area (Å²) in [6.07, 6.45) is 2.90. The van der Waals surface area contributed by atoms with Crippen molar-refractivity contribution in [3.63, 3.8) is 0 Å². The van der Waals surface area contributed by atoms with Gasteiger partial charge in [0.15, 0.2) is 0 Å². The molecule has 0 unspecified atom stereocenters. The van der Waals surface area contributed by atoms with E-state index in [4.69, 9.17) is 10.8 Å². The summed E-state index contributed by atoms with van der Waals surface area (Å²) in [4.78, 5) is 0. The SMILES string of the molecule is CC(C)c1c(CN)nnn1CCCCCO. The number of nitrogens with two attached hydrogens (primary N) is 1. The van der Waals surface area contributed by atoms with E-state index in [9.17, 15) is 0 Å². The van der Waals surface area contributed by atoms with Crippen LogP contribution in [0.3, 0.4) is 0 Å². The van der Waals surface area contributed by atoms with Crippen LogP contribution >= 0.6 is 0 Å². The first-order valence-corrected chi connectivity index (χ1v) is 5.93. The molecule has 1 aromatic rings. The van der Waals surface area contributed by atoms with E-state index < -0.39 is 0 Å². The van der Waals surface area contributed by atoms with Gasteiger partial charge in [0.1, 0.15) is 0 Å². The lowest BCUT2D eigenvalue weighted by molar-refractivity contribution is 0.281. The third kappa shape index (κ3) is 3.28. The fraction of sp³-hybridized carbons (Fsp3) is 0.818. The Bertz CT molecular complexity index is 309. The quantitative estimate of drug-likeness (QED) is 0.681. The van der Waals surface area contributed by atoms with Crippen LogP contribution in [0, 0.1) is 0 Å². The van der Waals surface area contributed by atoms with Crippen molar-refractivity contribution in [2.75, 3.05) is 6.61 Å². The van der Waals surface area contributed by atoms with Crippen molar-refractivity contribution in [1.82, 2.24) is 15.0 Å². The minimum Gasteiger partial charge on any atom is -0.396 e. The van der Waals surface area contributed by atoms with Crippen LogP contribution in [0.15, 0.2) is 0 Å².